The summed E-state index contributed by atoms with van der Waals surface area (Å²) in [6, 6.07) is 5.92. The topological polar surface area (TPSA) is 68.0 Å². The minimum atomic E-state index is 0. The van der Waals surface area contributed by atoms with Crippen LogP contribution in [0, 0.1) is 13.8 Å². The van der Waals surface area contributed by atoms with Gasteiger partial charge in [-0.15, -0.1) is 28.3 Å². The van der Waals surface area contributed by atoms with Crippen molar-refractivity contribution >= 4 is 45.0 Å². The molecule has 4 rings (SSSR count). The monoisotopic (exact) mass is 402 g/mol. The van der Waals surface area contributed by atoms with Crippen molar-refractivity contribution < 1.29 is 0 Å². The molecule has 0 unspecified atom stereocenters. The maximum Gasteiger partial charge on any atom is 0.228 e. The molecule has 0 saturated heterocycles. The molecule has 6 nitrogen and oxygen atoms in total. The van der Waals surface area contributed by atoms with Crippen LogP contribution in [-0.2, 0) is 0 Å². The van der Waals surface area contributed by atoms with Crippen LogP contribution in [0.25, 0.3) is 17.0 Å². The molecule has 0 fully saturated rings. The number of thiazole rings is 1. The molecule has 4 aromatic heterocycles. The van der Waals surface area contributed by atoms with E-state index in [1.165, 1.54) is 16.9 Å². The lowest BCUT2D eigenvalue weighted by Gasteiger charge is -2.01. The minimum absolute atomic E-state index is 0. The van der Waals surface area contributed by atoms with Gasteiger partial charge < -0.3 is 5.32 Å². The predicted molar refractivity (Wildman–Crippen MR) is 101 cm³/mol. The van der Waals surface area contributed by atoms with Gasteiger partial charge in [0, 0.05) is 24.0 Å². The Morgan fingerprint density at radius 3 is 2.71 bits per heavy atom. The molecule has 0 radical (unpaired) electrons. The van der Waals surface area contributed by atoms with Gasteiger partial charge in [-0.05, 0) is 37.6 Å². The Kier molecular flexibility index (Phi) is 4.59. The summed E-state index contributed by atoms with van der Waals surface area (Å²) in [5.74, 6) is 0.541. The average molecular weight is 403 g/mol. The first-order valence-electron chi connectivity index (χ1n) is 7.16. The van der Waals surface area contributed by atoms with Crippen molar-refractivity contribution in [3.8, 4) is 11.4 Å². The normalized spacial score (nSPS) is 10.6. The summed E-state index contributed by atoms with van der Waals surface area (Å²) in [6.07, 6.45) is 5.42. The zero-order valence-electron chi connectivity index (χ0n) is 13.1. The maximum absolute atomic E-state index is 4.65. The van der Waals surface area contributed by atoms with Crippen LogP contribution >= 0.6 is 28.3 Å². The van der Waals surface area contributed by atoms with E-state index in [1.54, 1.807) is 18.5 Å². The van der Waals surface area contributed by atoms with Gasteiger partial charge in [-0.3, -0.25) is 4.40 Å². The van der Waals surface area contributed by atoms with Gasteiger partial charge in [0.1, 0.15) is 11.3 Å². The number of nitrogens with zero attached hydrogens (tertiary/aromatic N) is 5. The molecule has 0 atom stereocenters. The third-order valence-corrected chi connectivity index (χ3v) is 4.24. The number of pyridine rings is 1. The van der Waals surface area contributed by atoms with Crippen molar-refractivity contribution in [2.45, 2.75) is 13.8 Å². The summed E-state index contributed by atoms with van der Waals surface area (Å²) in [7, 11) is 0. The number of anilines is 2. The molecule has 1 N–H and O–H groups in total. The van der Waals surface area contributed by atoms with E-state index in [-0.39, 0.29) is 17.0 Å². The van der Waals surface area contributed by atoms with Crippen LogP contribution in [0.15, 0.2) is 42.2 Å². The third-order valence-electron chi connectivity index (χ3n) is 3.49. The molecule has 8 heteroatoms. The molecule has 4 aromatic rings. The number of nitrogens with one attached hydrogen (secondary N) is 1. The molecule has 0 aliphatic rings. The standard InChI is InChI=1S/C16H14N6S.BrH/c1-10-4-7-22-13(8-10)19-11(2)14(22)12-9-23-16(20-12)21-15-17-5-3-6-18-15;/h3-9H,1-2H3,(H,17,18,20,21);1H. The van der Waals surface area contributed by atoms with Crippen molar-refractivity contribution in [1.82, 2.24) is 24.3 Å². The number of hydrogen-bond acceptors (Lipinski definition) is 6. The van der Waals surface area contributed by atoms with Gasteiger partial charge in [0.15, 0.2) is 5.13 Å². The van der Waals surface area contributed by atoms with E-state index < -0.39 is 0 Å². The SMILES string of the molecule is Br.Cc1ccn2c(-c3csc(Nc4ncccn4)n3)c(C)nc2c1. The van der Waals surface area contributed by atoms with Crippen LogP contribution in [0.1, 0.15) is 11.3 Å². The van der Waals surface area contributed by atoms with Crippen molar-refractivity contribution in [1.29, 1.82) is 0 Å². The van der Waals surface area contributed by atoms with Crippen LogP contribution in [0.2, 0.25) is 0 Å². The highest BCUT2D eigenvalue weighted by molar-refractivity contribution is 8.93. The van der Waals surface area contributed by atoms with Crippen LogP contribution in [-0.4, -0.2) is 24.3 Å². The first kappa shape index (κ1) is 16.5. The van der Waals surface area contributed by atoms with E-state index in [9.17, 15) is 0 Å². The third kappa shape index (κ3) is 3.02. The molecule has 0 spiro atoms. The molecule has 122 valence electrons. The van der Waals surface area contributed by atoms with Crippen molar-refractivity contribution in [3.05, 3.63) is 53.4 Å². The van der Waals surface area contributed by atoms with Gasteiger partial charge in [-0.1, -0.05) is 0 Å². The molecule has 0 amide bonds. The zero-order valence-corrected chi connectivity index (χ0v) is 15.6. The minimum Gasteiger partial charge on any atom is -0.300 e. The van der Waals surface area contributed by atoms with Gasteiger partial charge in [-0.25, -0.2) is 19.9 Å². The van der Waals surface area contributed by atoms with E-state index >= 15 is 0 Å². The van der Waals surface area contributed by atoms with E-state index in [0.717, 1.165) is 27.9 Å². The predicted octanol–water partition coefficient (Wildman–Crippen LogP) is 4.19. The summed E-state index contributed by atoms with van der Waals surface area (Å²) in [6.45, 7) is 4.07. The molecular weight excluding hydrogens is 388 g/mol. The number of fused-ring (bicyclic) bond motifs is 1. The Morgan fingerprint density at radius 2 is 1.92 bits per heavy atom. The largest absolute Gasteiger partial charge is 0.300 e. The first-order valence-corrected chi connectivity index (χ1v) is 8.04. The van der Waals surface area contributed by atoms with Crippen molar-refractivity contribution in [2.24, 2.45) is 0 Å². The second-order valence-corrected chi connectivity index (χ2v) is 6.07. The zero-order chi connectivity index (χ0) is 15.8. The van der Waals surface area contributed by atoms with Crippen LogP contribution in [0.4, 0.5) is 11.1 Å². The summed E-state index contributed by atoms with van der Waals surface area (Å²) in [4.78, 5) is 17.6. The molecule has 4 heterocycles. The number of halogens is 1. The summed E-state index contributed by atoms with van der Waals surface area (Å²) in [5.41, 5.74) is 4.99. The van der Waals surface area contributed by atoms with Gasteiger partial charge in [0.05, 0.1) is 11.4 Å². The molecule has 24 heavy (non-hydrogen) atoms. The number of hydrogen-bond donors (Lipinski definition) is 1. The van der Waals surface area contributed by atoms with Crippen LogP contribution in [0.3, 0.4) is 0 Å². The van der Waals surface area contributed by atoms with Gasteiger partial charge in [0.25, 0.3) is 0 Å². The van der Waals surface area contributed by atoms with Gasteiger partial charge in [-0.2, -0.15) is 0 Å². The lowest BCUT2D eigenvalue weighted by Crippen LogP contribution is -1.95. The summed E-state index contributed by atoms with van der Waals surface area (Å²) in [5, 5.41) is 5.89. The Labute approximate surface area is 153 Å². The van der Waals surface area contributed by atoms with Gasteiger partial charge >= 0.3 is 0 Å². The highest BCUT2D eigenvalue weighted by atomic mass is 79.9. The number of aryl methyl sites for hydroxylation is 2. The Bertz CT molecular complexity index is 979. The van der Waals surface area contributed by atoms with Crippen LogP contribution in [0.5, 0.6) is 0 Å². The van der Waals surface area contributed by atoms with E-state index in [0.29, 0.717) is 5.95 Å². The van der Waals surface area contributed by atoms with Gasteiger partial charge in [0.2, 0.25) is 5.95 Å². The molecule has 0 bridgehead atoms. The molecule has 0 aliphatic carbocycles. The lowest BCUT2D eigenvalue weighted by atomic mass is 10.2. The highest BCUT2D eigenvalue weighted by Crippen LogP contribution is 2.29. The van der Waals surface area contributed by atoms with E-state index in [1.807, 2.05) is 18.5 Å². The Hall–Kier alpha value is -2.32. The average Bonchev–Trinajstić information content (AvgIpc) is 3.11. The Balaban J connectivity index is 0.00000169. The smallest absolute Gasteiger partial charge is 0.228 e. The van der Waals surface area contributed by atoms with E-state index in [2.05, 4.69) is 48.7 Å². The quantitative estimate of drug-likeness (QED) is 0.556. The number of aromatic nitrogens is 5. The molecule has 0 aromatic carbocycles. The van der Waals surface area contributed by atoms with E-state index in [4.69, 9.17) is 0 Å². The second kappa shape index (κ2) is 6.66. The maximum atomic E-state index is 4.65. The fourth-order valence-electron chi connectivity index (χ4n) is 2.47. The fourth-order valence-corrected chi connectivity index (χ4v) is 3.16. The summed E-state index contributed by atoms with van der Waals surface area (Å²) < 4.78 is 2.07. The molecular formula is C16H15BrN6S. The highest BCUT2D eigenvalue weighted by Gasteiger charge is 2.14. The Morgan fingerprint density at radius 1 is 1.12 bits per heavy atom. The van der Waals surface area contributed by atoms with Crippen molar-refractivity contribution in [2.75, 3.05) is 5.32 Å². The lowest BCUT2D eigenvalue weighted by molar-refractivity contribution is 1.15. The molecule has 0 aliphatic heterocycles. The number of rotatable bonds is 3. The van der Waals surface area contributed by atoms with Crippen molar-refractivity contribution in [3.63, 3.8) is 0 Å². The molecule has 0 saturated carbocycles. The van der Waals surface area contributed by atoms with Crippen LogP contribution < -0.4 is 5.32 Å². The fraction of sp³-hybridized carbons (Fsp3) is 0.125. The second-order valence-electron chi connectivity index (χ2n) is 5.21. The summed E-state index contributed by atoms with van der Waals surface area (Å²) >= 11 is 1.52. The first-order chi connectivity index (χ1) is 11.2. The number of imidazole rings is 1.